The molecule has 3 heterocycles. The smallest absolute Gasteiger partial charge is 0.347 e. The SMILES string of the molecule is Cc1cnc(=O)n(Cc2nc(N)c3c(C)c(C)sc3n2)c1. The fourth-order valence-electron chi connectivity index (χ4n) is 2.23. The summed E-state index contributed by atoms with van der Waals surface area (Å²) < 4.78 is 1.49. The van der Waals surface area contributed by atoms with E-state index >= 15 is 0 Å². The molecule has 0 spiro atoms. The van der Waals surface area contributed by atoms with E-state index in [2.05, 4.69) is 15.0 Å². The van der Waals surface area contributed by atoms with Crippen molar-refractivity contribution in [2.75, 3.05) is 5.73 Å². The largest absolute Gasteiger partial charge is 0.383 e. The molecule has 0 fully saturated rings. The minimum Gasteiger partial charge on any atom is -0.383 e. The van der Waals surface area contributed by atoms with E-state index < -0.39 is 0 Å². The standard InChI is InChI=1S/C14H15N5OS/c1-7-4-16-14(20)19(5-7)6-10-17-12(15)11-8(2)9(3)21-13(11)18-10/h4-5H,6H2,1-3H3,(H2,15,17,18). The summed E-state index contributed by atoms with van der Waals surface area (Å²) in [4.78, 5) is 26.4. The third-order valence-electron chi connectivity index (χ3n) is 3.40. The minimum absolute atomic E-state index is 0.268. The lowest BCUT2D eigenvalue weighted by Gasteiger charge is -2.06. The maximum atomic E-state index is 11.8. The van der Waals surface area contributed by atoms with Crippen molar-refractivity contribution < 1.29 is 0 Å². The maximum Gasteiger partial charge on any atom is 0.347 e. The van der Waals surface area contributed by atoms with Gasteiger partial charge in [0.15, 0.2) is 5.82 Å². The molecule has 0 saturated carbocycles. The second-order valence-electron chi connectivity index (χ2n) is 5.03. The van der Waals surface area contributed by atoms with Gasteiger partial charge in [-0.2, -0.15) is 0 Å². The second kappa shape index (κ2) is 4.92. The first kappa shape index (κ1) is 13.7. The van der Waals surface area contributed by atoms with Gasteiger partial charge in [-0.05, 0) is 31.9 Å². The van der Waals surface area contributed by atoms with E-state index in [-0.39, 0.29) is 12.2 Å². The fraction of sp³-hybridized carbons (Fsp3) is 0.286. The second-order valence-corrected chi connectivity index (χ2v) is 6.23. The number of nitrogen functional groups attached to an aromatic ring is 1. The van der Waals surface area contributed by atoms with Crippen LogP contribution < -0.4 is 11.4 Å². The summed E-state index contributed by atoms with van der Waals surface area (Å²) in [5, 5.41) is 0.913. The summed E-state index contributed by atoms with van der Waals surface area (Å²) in [6.07, 6.45) is 3.28. The van der Waals surface area contributed by atoms with Gasteiger partial charge in [-0.15, -0.1) is 11.3 Å². The predicted molar refractivity (Wildman–Crippen MR) is 83.6 cm³/mol. The quantitative estimate of drug-likeness (QED) is 0.780. The third-order valence-corrected chi connectivity index (χ3v) is 4.50. The molecule has 3 aromatic heterocycles. The van der Waals surface area contributed by atoms with E-state index in [1.807, 2.05) is 20.8 Å². The van der Waals surface area contributed by atoms with Crippen molar-refractivity contribution >= 4 is 27.4 Å². The molecule has 0 amide bonds. The molecule has 0 aromatic carbocycles. The van der Waals surface area contributed by atoms with Crippen LogP contribution in [-0.2, 0) is 6.54 Å². The number of hydrogen-bond acceptors (Lipinski definition) is 6. The van der Waals surface area contributed by atoms with Crippen molar-refractivity contribution in [3.63, 3.8) is 0 Å². The van der Waals surface area contributed by atoms with Gasteiger partial charge < -0.3 is 5.73 Å². The van der Waals surface area contributed by atoms with Crippen LogP contribution in [0.2, 0.25) is 0 Å². The van der Waals surface area contributed by atoms with Crippen molar-refractivity contribution in [3.05, 3.63) is 44.7 Å². The Morgan fingerprint density at radius 3 is 2.81 bits per heavy atom. The zero-order valence-corrected chi connectivity index (χ0v) is 12.9. The van der Waals surface area contributed by atoms with Gasteiger partial charge in [0.1, 0.15) is 10.6 Å². The molecule has 0 atom stereocenters. The van der Waals surface area contributed by atoms with Crippen LogP contribution in [0.1, 0.15) is 21.8 Å². The summed E-state index contributed by atoms with van der Waals surface area (Å²) >= 11 is 1.59. The predicted octanol–water partition coefficient (Wildman–Crippen LogP) is 1.80. The number of rotatable bonds is 2. The van der Waals surface area contributed by atoms with Crippen molar-refractivity contribution in [3.8, 4) is 0 Å². The molecule has 3 rings (SSSR count). The van der Waals surface area contributed by atoms with E-state index in [1.165, 1.54) is 9.44 Å². The van der Waals surface area contributed by atoms with Crippen LogP contribution in [0.4, 0.5) is 5.82 Å². The van der Waals surface area contributed by atoms with Gasteiger partial charge in [0.05, 0.1) is 11.9 Å². The number of nitrogens with zero attached hydrogens (tertiary/aromatic N) is 4. The highest BCUT2D eigenvalue weighted by atomic mass is 32.1. The zero-order chi connectivity index (χ0) is 15.1. The van der Waals surface area contributed by atoms with Gasteiger partial charge in [0.25, 0.3) is 0 Å². The first-order valence-electron chi connectivity index (χ1n) is 6.51. The molecule has 0 saturated heterocycles. The number of fused-ring (bicyclic) bond motifs is 1. The molecule has 3 aromatic rings. The van der Waals surface area contributed by atoms with Gasteiger partial charge >= 0.3 is 5.69 Å². The monoisotopic (exact) mass is 301 g/mol. The van der Waals surface area contributed by atoms with Gasteiger partial charge in [0, 0.05) is 17.3 Å². The Hall–Kier alpha value is -2.28. The Morgan fingerprint density at radius 1 is 1.29 bits per heavy atom. The first-order valence-corrected chi connectivity index (χ1v) is 7.32. The Kier molecular flexibility index (Phi) is 3.21. The van der Waals surface area contributed by atoms with E-state index in [0.29, 0.717) is 11.6 Å². The van der Waals surface area contributed by atoms with Crippen LogP contribution in [0.25, 0.3) is 10.2 Å². The van der Waals surface area contributed by atoms with Crippen LogP contribution in [0.3, 0.4) is 0 Å². The molecule has 0 unspecified atom stereocenters. The molecule has 0 bridgehead atoms. The molecule has 0 aliphatic rings. The molecular formula is C14H15N5OS. The molecule has 108 valence electrons. The van der Waals surface area contributed by atoms with Crippen LogP contribution in [-0.4, -0.2) is 19.5 Å². The maximum absolute atomic E-state index is 11.8. The van der Waals surface area contributed by atoms with Crippen molar-refractivity contribution in [1.82, 2.24) is 19.5 Å². The van der Waals surface area contributed by atoms with Crippen molar-refractivity contribution in [2.24, 2.45) is 0 Å². The lowest BCUT2D eigenvalue weighted by Crippen LogP contribution is -2.23. The van der Waals surface area contributed by atoms with Gasteiger partial charge in [-0.3, -0.25) is 4.57 Å². The van der Waals surface area contributed by atoms with Crippen LogP contribution in [0.5, 0.6) is 0 Å². The number of thiophene rings is 1. The molecule has 0 aliphatic carbocycles. The van der Waals surface area contributed by atoms with E-state index in [1.54, 1.807) is 23.7 Å². The molecule has 2 N–H and O–H groups in total. The molecule has 7 heteroatoms. The van der Waals surface area contributed by atoms with Gasteiger partial charge in [-0.25, -0.2) is 19.7 Å². The normalized spacial score (nSPS) is 11.2. The first-order chi connectivity index (χ1) is 9.95. The highest BCUT2D eigenvalue weighted by Crippen LogP contribution is 2.31. The van der Waals surface area contributed by atoms with Crippen LogP contribution in [0, 0.1) is 20.8 Å². The summed E-state index contributed by atoms with van der Waals surface area (Å²) in [5.41, 5.74) is 7.75. The summed E-state index contributed by atoms with van der Waals surface area (Å²) in [5.74, 6) is 0.987. The van der Waals surface area contributed by atoms with Crippen LogP contribution in [0.15, 0.2) is 17.2 Å². The zero-order valence-electron chi connectivity index (χ0n) is 12.0. The fourth-order valence-corrected chi connectivity index (χ4v) is 3.28. The number of anilines is 1. The molecule has 0 radical (unpaired) electrons. The lowest BCUT2D eigenvalue weighted by atomic mass is 10.2. The van der Waals surface area contributed by atoms with Crippen LogP contribution >= 0.6 is 11.3 Å². The van der Waals surface area contributed by atoms with Crippen molar-refractivity contribution in [2.45, 2.75) is 27.3 Å². The summed E-state index contributed by atoms with van der Waals surface area (Å²) in [6, 6.07) is 0. The Bertz CT molecular complexity index is 896. The van der Waals surface area contributed by atoms with E-state index in [4.69, 9.17) is 5.73 Å². The third kappa shape index (κ3) is 2.40. The number of hydrogen-bond donors (Lipinski definition) is 1. The van der Waals surface area contributed by atoms with E-state index in [9.17, 15) is 4.79 Å². The average molecular weight is 301 g/mol. The number of aryl methyl sites for hydroxylation is 3. The average Bonchev–Trinajstić information content (AvgIpc) is 2.70. The molecule has 0 aliphatic heterocycles. The Morgan fingerprint density at radius 2 is 2.05 bits per heavy atom. The summed E-state index contributed by atoms with van der Waals surface area (Å²) in [6.45, 7) is 6.20. The molecule has 6 nitrogen and oxygen atoms in total. The molecule has 21 heavy (non-hydrogen) atoms. The summed E-state index contributed by atoms with van der Waals surface area (Å²) in [7, 11) is 0. The highest BCUT2D eigenvalue weighted by Gasteiger charge is 2.13. The highest BCUT2D eigenvalue weighted by molar-refractivity contribution is 7.18. The minimum atomic E-state index is -0.318. The Labute approximate surface area is 125 Å². The van der Waals surface area contributed by atoms with Gasteiger partial charge in [-0.1, -0.05) is 0 Å². The van der Waals surface area contributed by atoms with E-state index in [0.717, 1.165) is 21.3 Å². The lowest BCUT2D eigenvalue weighted by molar-refractivity contribution is 0.690. The Balaban J connectivity index is 2.09. The van der Waals surface area contributed by atoms with Crippen molar-refractivity contribution in [1.29, 1.82) is 0 Å². The van der Waals surface area contributed by atoms with Gasteiger partial charge in [0.2, 0.25) is 0 Å². The number of nitrogens with two attached hydrogens (primary N) is 1. The topological polar surface area (TPSA) is 86.7 Å². The number of aromatic nitrogens is 4. The molecular weight excluding hydrogens is 286 g/mol.